The van der Waals surface area contributed by atoms with Crippen molar-refractivity contribution in [2.45, 2.75) is 13.7 Å². The van der Waals surface area contributed by atoms with E-state index in [1.165, 1.54) is 0 Å². The number of nitrogens with two attached hydrogens (primary N) is 1. The number of rotatable bonds is 3. The van der Waals surface area contributed by atoms with Gasteiger partial charge in [-0.25, -0.2) is 4.68 Å². The first kappa shape index (κ1) is 9.02. The summed E-state index contributed by atoms with van der Waals surface area (Å²) >= 11 is 0. The lowest BCUT2D eigenvalue weighted by molar-refractivity contribution is 0.0797. The number of hydrogen-bond acceptors (Lipinski definition) is 3. The monoisotopic (exact) mass is 191 g/mol. The van der Waals surface area contributed by atoms with Crippen LogP contribution in [0.1, 0.15) is 6.92 Å². The summed E-state index contributed by atoms with van der Waals surface area (Å²) < 4.78 is 7.02. The van der Waals surface area contributed by atoms with Crippen LogP contribution in [0.15, 0.2) is 24.4 Å². The molecule has 4 nitrogen and oxygen atoms in total. The minimum absolute atomic E-state index is 0.491. The second-order valence-corrected chi connectivity index (χ2v) is 3.11. The van der Waals surface area contributed by atoms with Crippen LogP contribution in [0.2, 0.25) is 0 Å². The maximum Gasteiger partial charge on any atom is 0.139 e. The van der Waals surface area contributed by atoms with Crippen molar-refractivity contribution >= 4 is 16.6 Å². The largest absolute Gasteiger partial charge is 0.399 e. The second-order valence-electron chi connectivity index (χ2n) is 3.11. The Morgan fingerprint density at radius 1 is 1.50 bits per heavy atom. The molecule has 0 fully saturated rings. The van der Waals surface area contributed by atoms with Crippen molar-refractivity contribution < 1.29 is 4.74 Å². The van der Waals surface area contributed by atoms with E-state index in [-0.39, 0.29) is 0 Å². The fourth-order valence-electron chi connectivity index (χ4n) is 1.34. The van der Waals surface area contributed by atoms with Crippen molar-refractivity contribution in [3.05, 3.63) is 24.4 Å². The Balaban J connectivity index is 2.32. The minimum atomic E-state index is 0.491. The van der Waals surface area contributed by atoms with Gasteiger partial charge in [-0.3, -0.25) is 0 Å². The van der Waals surface area contributed by atoms with E-state index in [1.807, 2.05) is 31.3 Å². The predicted octanol–water partition coefficient (Wildman–Crippen LogP) is 1.61. The van der Waals surface area contributed by atoms with Crippen LogP contribution in [0, 0.1) is 0 Å². The molecule has 0 saturated heterocycles. The molecule has 1 heterocycles. The average molecular weight is 191 g/mol. The Bertz CT molecular complexity index is 436. The van der Waals surface area contributed by atoms with E-state index in [0.717, 1.165) is 16.6 Å². The van der Waals surface area contributed by atoms with Crippen LogP contribution in [0.5, 0.6) is 0 Å². The van der Waals surface area contributed by atoms with Crippen LogP contribution >= 0.6 is 0 Å². The maximum absolute atomic E-state index is 5.65. The van der Waals surface area contributed by atoms with Gasteiger partial charge in [0.2, 0.25) is 0 Å². The Kier molecular flexibility index (Phi) is 2.37. The molecule has 2 aromatic rings. The molecule has 0 aliphatic heterocycles. The summed E-state index contributed by atoms with van der Waals surface area (Å²) in [6.07, 6.45) is 1.95. The molecule has 1 aromatic heterocycles. The fraction of sp³-hybridized carbons (Fsp3) is 0.300. The summed E-state index contributed by atoms with van der Waals surface area (Å²) in [6.45, 7) is 3.14. The Morgan fingerprint density at radius 3 is 3.14 bits per heavy atom. The Morgan fingerprint density at radius 2 is 2.36 bits per heavy atom. The van der Waals surface area contributed by atoms with Gasteiger partial charge in [0, 0.05) is 23.9 Å². The minimum Gasteiger partial charge on any atom is -0.399 e. The van der Waals surface area contributed by atoms with E-state index < -0.39 is 0 Å². The molecular formula is C10H13N3O. The third-order valence-electron chi connectivity index (χ3n) is 2.01. The average Bonchev–Trinajstić information content (AvgIpc) is 2.56. The van der Waals surface area contributed by atoms with Crippen LogP contribution in [-0.2, 0) is 11.5 Å². The summed E-state index contributed by atoms with van der Waals surface area (Å²) in [7, 11) is 0. The molecule has 2 N–H and O–H groups in total. The van der Waals surface area contributed by atoms with Crippen LogP contribution in [-0.4, -0.2) is 16.4 Å². The van der Waals surface area contributed by atoms with E-state index in [1.54, 1.807) is 4.68 Å². The van der Waals surface area contributed by atoms with Gasteiger partial charge in [-0.2, -0.15) is 5.10 Å². The summed E-state index contributed by atoms with van der Waals surface area (Å²) in [6, 6.07) is 5.69. The molecule has 1 aromatic carbocycles. The molecule has 0 amide bonds. The molecule has 0 saturated carbocycles. The topological polar surface area (TPSA) is 53.1 Å². The van der Waals surface area contributed by atoms with Crippen molar-refractivity contribution in [1.82, 2.24) is 9.78 Å². The quantitative estimate of drug-likeness (QED) is 0.750. The zero-order chi connectivity index (χ0) is 9.97. The molecule has 0 bridgehead atoms. The standard InChI is InChI=1S/C10H13N3O/c1-2-14-7-13-6-8-3-4-9(11)5-10(8)12-13/h3-6H,2,7,11H2,1H3. The third kappa shape index (κ3) is 1.70. The van der Waals surface area contributed by atoms with Crippen LogP contribution in [0.4, 0.5) is 5.69 Å². The second kappa shape index (κ2) is 3.67. The van der Waals surface area contributed by atoms with Gasteiger partial charge in [0.25, 0.3) is 0 Å². The molecule has 0 spiro atoms. The predicted molar refractivity (Wildman–Crippen MR) is 55.8 cm³/mol. The number of nitrogen functional groups attached to an aromatic ring is 1. The molecule has 0 radical (unpaired) electrons. The van der Waals surface area contributed by atoms with Crippen molar-refractivity contribution in [2.75, 3.05) is 12.3 Å². The summed E-state index contributed by atoms with van der Waals surface area (Å²) in [5, 5.41) is 5.41. The van der Waals surface area contributed by atoms with E-state index in [9.17, 15) is 0 Å². The van der Waals surface area contributed by atoms with Crippen LogP contribution in [0.25, 0.3) is 10.9 Å². The van der Waals surface area contributed by atoms with Crippen molar-refractivity contribution in [1.29, 1.82) is 0 Å². The number of ether oxygens (including phenoxy) is 1. The van der Waals surface area contributed by atoms with Gasteiger partial charge in [-0.15, -0.1) is 0 Å². The zero-order valence-electron chi connectivity index (χ0n) is 8.10. The van der Waals surface area contributed by atoms with Gasteiger partial charge < -0.3 is 10.5 Å². The highest BCUT2D eigenvalue weighted by molar-refractivity contribution is 5.81. The highest BCUT2D eigenvalue weighted by Gasteiger charge is 1.99. The van der Waals surface area contributed by atoms with E-state index in [4.69, 9.17) is 10.5 Å². The summed E-state index contributed by atoms with van der Waals surface area (Å²) in [5.41, 5.74) is 7.30. The van der Waals surface area contributed by atoms with E-state index in [0.29, 0.717) is 13.3 Å². The van der Waals surface area contributed by atoms with Gasteiger partial charge in [-0.05, 0) is 25.1 Å². The lowest BCUT2D eigenvalue weighted by atomic mass is 10.2. The van der Waals surface area contributed by atoms with E-state index in [2.05, 4.69) is 5.10 Å². The highest BCUT2D eigenvalue weighted by Crippen LogP contribution is 2.15. The van der Waals surface area contributed by atoms with Crippen molar-refractivity contribution in [3.8, 4) is 0 Å². The number of aromatic nitrogens is 2. The number of anilines is 1. The highest BCUT2D eigenvalue weighted by atomic mass is 16.5. The van der Waals surface area contributed by atoms with Crippen LogP contribution < -0.4 is 5.73 Å². The number of hydrogen-bond donors (Lipinski definition) is 1. The first-order chi connectivity index (χ1) is 6.79. The molecule has 0 unspecified atom stereocenters. The van der Waals surface area contributed by atoms with Crippen molar-refractivity contribution in [3.63, 3.8) is 0 Å². The lowest BCUT2D eigenvalue weighted by Gasteiger charge is -1.98. The smallest absolute Gasteiger partial charge is 0.139 e. The summed E-state index contributed by atoms with van der Waals surface area (Å²) in [5.74, 6) is 0. The maximum atomic E-state index is 5.65. The van der Waals surface area contributed by atoms with Gasteiger partial charge >= 0.3 is 0 Å². The molecule has 0 aliphatic rings. The SMILES string of the molecule is CCOCn1cc2ccc(N)cc2n1. The van der Waals surface area contributed by atoms with Gasteiger partial charge in [0.1, 0.15) is 6.73 Å². The first-order valence-corrected chi connectivity index (χ1v) is 4.60. The molecule has 2 rings (SSSR count). The normalized spacial score (nSPS) is 10.9. The van der Waals surface area contributed by atoms with Gasteiger partial charge in [0.05, 0.1) is 5.52 Å². The first-order valence-electron chi connectivity index (χ1n) is 4.60. The Labute approximate surface area is 82.3 Å². The molecule has 0 atom stereocenters. The molecule has 14 heavy (non-hydrogen) atoms. The third-order valence-corrected chi connectivity index (χ3v) is 2.01. The molecule has 0 aliphatic carbocycles. The fourth-order valence-corrected chi connectivity index (χ4v) is 1.34. The summed E-state index contributed by atoms with van der Waals surface area (Å²) in [4.78, 5) is 0. The molecular weight excluding hydrogens is 178 g/mol. The van der Waals surface area contributed by atoms with Gasteiger partial charge in [0.15, 0.2) is 0 Å². The number of nitrogens with zero attached hydrogens (tertiary/aromatic N) is 2. The van der Waals surface area contributed by atoms with E-state index >= 15 is 0 Å². The number of benzene rings is 1. The molecule has 4 heteroatoms. The van der Waals surface area contributed by atoms with Gasteiger partial charge in [-0.1, -0.05) is 0 Å². The lowest BCUT2D eigenvalue weighted by Crippen LogP contribution is -2.01. The van der Waals surface area contributed by atoms with Crippen LogP contribution in [0.3, 0.4) is 0 Å². The number of fused-ring (bicyclic) bond motifs is 1. The Hall–Kier alpha value is -1.55. The van der Waals surface area contributed by atoms with Crippen molar-refractivity contribution in [2.24, 2.45) is 0 Å². The zero-order valence-corrected chi connectivity index (χ0v) is 8.10. The molecule has 74 valence electrons.